The number of H-pyrrole nitrogens is 1. The number of hydrogen-bond acceptors (Lipinski definition) is 5. The molecule has 0 saturated carbocycles. The summed E-state index contributed by atoms with van der Waals surface area (Å²) in [4.78, 5) is 18.4. The van der Waals surface area contributed by atoms with Gasteiger partial charge in [0.15, 0.2) is 0 Å². The number of hydrogen-bond donors (Lipinski definition) is 1. The first kappa shape index (κ1) is 19.9. The Labute approximate surface area is 166 Å². The van der Waals surface area contributed by atoms with E-state index in [2.05, 4.69) is 15.2 Å². The van der Waals surface area contributed by atoms with Gasteiger partial charge in [-0.15, -0.1) is 5.10 Å². The Bertz CT molecular complexity index is 965. The molecule has 0 aliphatic carbocycles. The van der Waals surface area contributed by atoms with E-state index in [4.69, 9.17) is 4.42 Å². The SMILES string of the molecule is Cc1ccc(/C=C/c2nc(SCC(=O)N(C)C(C)c3ccc(F)cc3)n[nH]2)o1. The number of halogens is 1. The van der Waals surface area contributed by atoms with Gasteiger partial charge in [0.1, 0.15) is 23.2 Å². The van der Waals surface area contributed by atoms with Gasteiger partial charge in [-0.1, -0.05) is 23.9 Å². The number of nitrogens with one attached hydrogen (secondary N) is 1. The van der Waals surface area contributed by atoms with Gasteiger partial charge in [0.2, 0.25) is 11.1 Å². The average molecular weight is 400 g/mol. The maximum atomic E-state index is 13.1. The van der Waals surface area contributed by atoms with Gasteiger partial charge in [0.25, 0.3) is 0 Å². The molecule has 1 unspecified atom stereocenters. The van der Waals surface area contributed by atoms with Gasteiger partial charge < -0.3 is 9.32 Å². The Morgan fingerprint density at radius 3 is 2.71 bits per heavy atom. The van der Waals surface area contributed by atoms with E-state index in [0.29, 0.717) is 11.0 Å². The monoisotopic (exact) mass is 400 g/mol. The predicted molar refractivity (Wildman–Crippen MR) is 107 cm³/mol. The standard InChI is InChI=1S/C20H21FN4O2S/c1-13-4-9-17(27-13)10-11-18-22-20(24-23-18)28-12-19(26)25(3)14(2)15-5-7-16(21)8-6-15/h4-11,14H,12H2,1-3H3,(H,22,23,24)/b11-10+. The molecule has 1 atom stereocenters. The summed E-state index contributed by atoms with van der Waals surface area (Å²) in [6, 6.07) is 9.76. The van der Waals surface area contributed by atoms with Crippen LogP contribution in [0.25, 0.3) is 12.2 Å². The number of aromatic nitrogens is 3. The minimum Gasteiger partial charge on any atom is -0.462 e. The van der Waals surface area contributed by atoms with Gasteiger partial charge in [-0.25, -0.2) is 9.37 Å². The molecule has 8 heteroatoms. The Morgan fingerprint density at radius 2 is 2.04 bits per heavy atom. The smallest absolute Gasteiger partial charge is 0.233 e. The van der Waals surface area contributed by atoms with Crippen molar-refractivity contribution in [2.24, 2.45) is 0 Å². The van der Waals surface area contributed by atoms with Gasteiger partial charge in [-0.3, -0.25) is 9.89 Å². The minimum atomic E-state index is -0.294. The second-order valence-corrected chi connectivity index (χ2v) is 7.25. The molecular weight excluding hydrogens is 379 g/mol. The van der Waals surface area contributed by atoms with Crippen LogP contribution in [0.15, 0.2) is 46.0 Å². The van der Waals surface area contributed by atoms with E-state index in [1.54, 1.807) is 36.2 Å². The molecule has 0 spiro atoms. The zero-order valence-corrected chi connectivity index (χ0v) is 16.7. The van der Waals surface area contributed by atoms with E-state index in [-0.39, 0.29) is 23.5 Å². The van der Waals surface area contributed by atoms with E-state index >= 15 is 0 Å². The number of benzene rings is 1. The molecule has 2 aromatic heterocycles. The summed E-state index contributed by atoms with van der Waals surface area (Å²) in [5, 5.41) is 7.42. The number of rotatable bonds is 7. The molecule has 1 amide bonds. The number of aromatic amines is 1. The molecule has 1 N–H and O–H groups in total. The molecule has 3 rings (SSSR count). The summed E-state index contributed by atoms with van der Waals surface area (Å²) in [7, 11) is 1.73. The van der Waals surface area contributed by atoms with Crippen LogP contribution in [0.1, 0.15) is 35.9 Å². The lowest BCUT2D eigenvalue weighted by molar-refractivity contribution is -0.128. The maximum Gasteiger partial charge on any atom is 0.233 e. The van der Waals surface area contributed by atoms with Crippen LogP contribution in [0, 0.1) is 12.7 Å². The molecule has 146 valence electrons. The van der Waals surface area contributed by atoms with Gasteiger partial charge in [0, 0.05) is 7.05 Å². The largest absolute Gasteiger partial charge is 0.462 e. The second kappa shape index (κ2) is 8.88. The quantitative estimate of drug-likeness (QED) is 0.598. The second-order valence-electron chi connectivity index (χ2n) is 6.31. The van der Waals surface area contributed by atoms with Crippen molar-refractivity contribution in [3.05, 3.63) is 65.1 Å². The van der Waals surface area contributed by atoms with E-state index in [0.717, 1.165) is 17.1 Å². The van der Waals surface area contributed by atoms with Crippen LogP contribution < -0.4 is 0 Å². The zero-order valence-electron chi connectivity index (χ0n) is 15.8. The summed E-state index contributed by atoms with van der Waals surface area (Å²) in [5.74, 6) is 2.00. The minimum absolute atomic E-state index is 0.0604. The lowest BCUT2D eigenvalue weighted by Crippen LogP contribution is -2.31. The van der Waals surface area contributed by atoms with Gasteiger partial charge >= 0.3 is 0 Å². The number of nitrogens with zero attached hydrogens (tertiary/aromatic N) is 3. The van der Waals surface area contributed by atoms with Crippen molar-refractivity contribution in [1.82, 2.24) is 20.1 Å². The van der Waals surface area contributed by atoms with E-state index in [9.17, 15) is 9.18 Å². The van der Waals surface area contributed by atoms with Crippen molar-refractivity contribution in [2.45, 2.75) is 25.0 Å². The molecule has 28 heavy (non-hydrogen) atoms. The van der Waals surface area contributed by atoms with Crippen molar-refractivity contribution in [2.75, 3.05) is 12.8 Å². The number of carbonyl (C=O) groups excluding carboxylic acids is 1. The lowest BCUT2D eigenvalue weighted by atomic mass is 10.1. The summed E-state index contributed by atoms with van der Waals surface area (Å²) in [5.41, 5.74) is 0.876. The Morgan fingerprint density at radius 1 is 1.29 bits per heavy atom. The fourth-order valence-electron chi connectivity index (χ4n) is 2.51. The highest BCUT2D eigenvalue weighted by molar-refractivity contribution is 7.99. The Balaban J connectivity index is 1.53. The molecule has 6 nitrogen and oxygen atoms in total. The van der Waals surface area contributed by atoms with Crippen LogP contribution in [-0.4, -0.2) is 38.8 Å². The molecule has 0 fully saturated rings. The molecule has 0 bridgehead atoms. The highest BCUT2D eigenvalue weighted by Gasteiger charge is 2.18. The predicted octanol–water partition coefficient (Wildman–Crippen LogP) is 4.33. The summed E-state index contributed by atoms with van der Waals surface area (Å²) < 4.78 is 18.5. The van der Waals surface area contributed by atoms with Crippen LogP contribution >= 0.6 is 11.8 Å². The van der Waals surface area contributed by atoms with Crippen molar-refractivity contribution in [1.29, 1.82) is 0 Å². The number of thioether (sulfide) groups is 1. The molecule has 1 aromatic carbocycles. The van der Waals surface area contributed by atoms with Crippen molar-refractivity contribution in [3.8, 4) is 0 Å². The van der Waals surface area contributed by atoms with Crippen LogP contribution in [0.2, 0.25) is 0 Å². The van der Waals surface area contributed by atoms with Gasteiger partial charge in [-0.2, -0.15) is 0 Å². The van der Waals surface area contributed by atoms with E-state index in [1.807, 2.05) is 26.0 Å². The third kappa shape index (κ3) is 5.10. The first-order valence-electron chi connectivity index (χ1n) is 8.73. The molecule has 2 heterocycles. The maximum absolute atomic E-state index is 13.1. The van der Waals surface area contributed by atoms with Crippen molar-refractivity contribution < 1.29 is 13.6 Å². The first-order chi connectivity index (χ1) is 13.4. The third-order valence-electron chi connectivity index (χ3n) is 4.30. The fourth-order valence-corrected chi connectivity index (χ4v) is 3.24. The molecule has 3 aromatic rings. The Kier molecular flexibility index (Phi) is 6.30. The fraction of sp³-hybridized carbons (Fsp3) is 0.250. The summed E-state index contributed by atoms with van der Waals surface area (Å²) in [6.45, 7) is 3.79. The number of amides is 1. The molecule has 0 saturated heterocycles. The average Bonchev–Trinajstić information content (AvgIpc) is 3.32. The number of carbonyl (C=O) groups is 1. The number of furan rings is 1. The first-order valence-corrected chi connectivity index (χ1v) is 9.72. The number of aryl methyl sites for hydroxylation is 1. The summed E-state index contributed by atoms with van der Waals surface area (Å²) in [6.07, 6.45) is 3.56. The van der Waals surface area contributed by atoms with Crippen LogP contribution in [0.4, 0.5) is 4.39 Å². The molecule has 0 aliphatic rings. The third-order valence-corrected chi connectivity index (χ3v) is 5.13. The normalized spacial score (nSPS) is 12.4. The van der Waals surface area contributed by atoms with E-state index < -0.39 is 0 Å². The summed E-state index contributed by atoms with van der Waals surface area (Å²) >= 11 is 1.26. The van der Waals surface area contributed by atoms with Crippen LogP contribution in [-0.2, 0) is 4.79 Å². The topological polar surface area (TPSA) is 75.0 Å². The Hall–Kier alpha value is -2.87. The van der Waals surface area contributed by atoms with Crippen molar-refractivity contribution in [3.63, 3.8) is 0 Å². The molecular formula is C20H21FN4O2S. The zero-order chi connectivity index (χ0) is 20.1. The highest BCUT2D eigenvalue weighted by atomic mass is 32.2. The van der Waals surface area contributed by atoms with Crippen LogP contribution in [0.5, 0.6) is 0 Å². The van der Waals surface area contributed by atoms with Crippen molar-refractivity contribution >= 4 is 29.8 Å². The lowest BCUT2D eigenvalue weighted by Gasteiger charge is -2.25. The van der Waals surface area contributed by atoms with Gasteiger partial charge in [0.05, 0.1) is 11.8 Å². The van der Waals surface area contributed by atoms with E-state index in [1.165, 1.54) is 23.9 Å². The highest BCUT2D eigenvalue weighted by Crippen LogP contribution is 2.21. The van der Waals surface area contributed by atoms with Crippen LogP contribution in [0.3, 0.4) is 0 Å². The molecule has 0 aliphatic heterocycles. The van der Waals surface area contributed by atoms with Gasteiger partial charge in [-0.05, 0) is 55.8 Å². The molecule has 0 radical (unpaired) electrons.